The maximum absolute atomic E-state index is 13.2. The fourth-order valence-electron chi connectivity index (χ4n) is 1.50. The van der Waals surface area contributed by atoms with Crippen LogP contribution in [0.5, 0.6) is 11.5 Å². The van der Waals surface area contributed by atoms with E-state index in [9.17, 15) is 4.39 Å². The number of hydrogen-bond acceptors (Lipinski definition) is 2. The predicted molar refractivity (Wildman–Crippen MR) is 84.2 cm³/mol. The third kappa shape index (κ3) is 3.32. The second kappa shape index (κ2) is 5.98. The fraction of sp³-hybridized carbons (Fsp3) is 0. The van der Waals surface area contributed by atoms with Gasteiger partial charge in [0.1, 0.15) is 22.3 Å². The summed E-state index contributed by atoms with van der Waals surface area (Å²) in [6.07, 6.45) is 0. The van der Waals surface area contributed by atoms with Crippen LogP contribution in [0.3, 0.4) is 0 Å². The Morgan fingerprint density at radius 1 is 1.16 bits per heavy atom. The van der Waals surface area contributed by atoms with Crippen molar-refractivity contribution in [2.75, 3.05) is 0 Å². The summed E-state index contributed by atoms with van der Waals surface area (Å²) in [6.45, 7) is 0. The molecule has 0 aliphatic rings. The van der Waals surface area contributed by atoms with Gasteiger partial charge in [-0.2, -0.15) is 0 Å². The lowest BCUT2D eigenvalue weighted by molar-refractivity contribution is 0.478. The van der Waals surface area contributed by atoms with Crippen LogP contribution >= 0.6 is 44.1 Å². The van der Waals surface area contributed by atoms with Gasteiger partial charge >= 0.3 is 0 Å². The van der Waals surface area contributed by atoms with Gasteiger partial charge in [-0.05, 0) is 62.2 Å². The average Bonchev–Trinajstić information content (AvgIpc) is 2.33. The minimum Gasteiger partial charge on any atom is -0.457 e. The summed E-state index contributed by atoms with van der Waals surface area (Å²) < 4.78 is 19.9. The molecule has 2 aromatic carbocycles. The van der Waals surface area contributed by atoms with E-state index in [1.807, 2.05) is 6.07 Å². The Kier molecular flexibility index (Phi) is 4.54. The smallest absolute Gasteiger partial charge is 0.138 e. The molecule has 0 aromatic heterocycles. The van der Waals surface area contributed by atoms with Crippen molar-refractivity contribution in [1.29, 1.82) is 0 Å². The van der Waals surface area contributed by atoms with Crippen molar-refractivity contribution >= 4 is 49.1 Å². The van der Waals surface area contributed by atoms with Crippen molar-refractivity contribution in [3.8, 4) is 11.5 Å². The van der Waals surface area contributed by atoms with Gasteiger partial charge in [-0.15, -0.1) is 0 Å². The number of ether oxygens (including phenoxy) is 1. The van der Waals surface area contributed by atoms with Gasteiger partial charge in [-0.3, -0.25) is 0 Å². The van der Waals surface area contributed by atoms with E-state index in [4.69, 9.17) is 22.7 Å². The third-order valence-electron chi connectivity index (χ3n) is 2.34. The second-order valence-corrected chi connectivity index (χ2v) is 5.80. The van der Waals surface area contributed by atoms with Gasteiger partial charge in [-0.1, -0.05) is 18.3 Å². The van der Waals surface area contributed by atoms with Gasteiger partial charge in [0.05, 0.1) is 10.0 Å². The van der Waals surface area contributed by atoms with Crippen LogP contribution in [-0.4, -0.2) is 4.99 Å². The Hall–Kier alpha value is -0.980. The van der Waals surface area contributed by atoms with Crippen molar-refractivity contribution in [2.24, 2.45) is 5.73 Å². The molecule has 0 heterocycles. The molecule has 2 aromatic rings. The lowest BCUT2D eigenvalue weighted by atomic mass is 10.2. The zero-order chi connectivity index (χ0) is 14.0. The molecule has 0 saturated heterocycles. The van der Waals surface area contributed by atoms with E-state index in [1.165, 1.54) is 12.1 Å². The molecule has 0 aliphatic heterocycles. The van der Waals surface area contributed by atoms with E-state index in [1.54, 1.807) is 18.2 Å². The van der Waals surface area contributed by atoms with E-state index >= 15 is 0 Å². The molecular formula is C13H8Br2FNOS. The summed E-state index contributed by atoms with van der Waals surface area (Å²) in [5.74, 6) is 0.653. The summed E-state index contributed by atoms with van der Waals surface area (Å²) in [7, 11) is 0. The third-order valence-corrected chi connectivity index (χ3v) is 3.81. The fourth-order valence-corrected chi connectivity index (χ4v) is 2.76. The molecule has 6 heteroatoms. The highest BCUT2D eigenvalue weighted by molar-refractivity contribution is 9.10. The van der Waals surface area contributed by atoms with Crippen molar-refractivity contribution in [3.05, 3.63) is 56.7 Å². The molecule has 0 atom stereocenters. The number of hydrogen-bond donors (Lipinski definition) is 1. The van der Waals surface area contributed by atoms with Gasteiger partial charge in [0.2, 0.25) is 0 Å². The normalized spacial score (nSPS) is 10.3. The average molecular weight is 405 g/mol. The van der Waals surface area contributed by atoms with Crippen molar-refractivity contribution in [3.63, 3.8) is 0 Å². The minimum absolute atomic E-state index is 0.226. The van der Waals surface area contributed by atoms with Gasteiger partial charge in [0.25, 0.3) is 0 Å². The lowest BCUT2D eigenvalue weighted by Gasteiger charge is -2.12. The second-order valence-electron chi connectivity index (χ2n) is 3.66. The SMILES string of the molecule is NC(=S)c1c(Br)cccc1Oc1ccc(F)c(Br)c1. The van der Waals surface area contributed by atoms with E-state index in [0.717, 1.165) is 4.47 Å². The van der Waals surface area contributed by atoms with E-state index < -0.39 is 0 Å². The van der Waals surface area contributed by atoms with Crippen LogP contribution in [-0.2, 0) is 0 Å². The van der Waals surface area contributed by atoms with Crippen molar-refractivity contribution in [1.82, 2.24) is 0 Å². The minimum atomic E-state index is -0.351. The Morgan fingerprint density at radius 2 is 1.89 bits per heavy atom. The zero-order valence-electron chi connectivity index (χ0n) is 9.49. The predicted octanol–water partition coefficient (Wildman–Crippen LogP) is 4.78. The topological polar surface area (TPSA) is 35.2 Å². The van der Waals surface area contributed by atoms with Crippen molar-refractivity contribution < 1.29 is 9.13 Å². The molecule has 0 saturated carbocycles. The van der Waals surface area contributed by atoms with Crippen LogP contribution < -0.4 is 10.5 Å². The monoisotopic (exact) mass is 403 g/mol. The molecule has 98 valence electrons. The molecule has 0 aliphatic carbocycles. The summed E-state index contributed by atoms with van der Waals surface area (Å²) >= 11 is 11.5. The summed E-state index contributed by atoms with van der Waals surface area (Å²) in [5.41, 5.74) is 6.28. The maximum atomic E-state index is 13.2. The van der Waals surface area contributed by atoms with E-state index in [-0.39, 0.29) is 10.8 Å². The van der Waals surface area contributed by atoms with E-state index in [0.29, 0.717) is 21.5 Å². The summed E-state index contributed by atoms with van der Waals surface area (Å²) in [6, 6.07) is 9.76. The molecule has 2 nitrogen and oxygen atoms in total. The first-order valence-electron chi connectivity index (χ1n) is 5.20. The number of benzene rings is 2. The van der Waals surface area contributed by atoms with Crippen LogP contribution in [0.1, 0.15) is 5.56 Å². The first-order valence-corrected chi connectivity index (χ1v) is 7.19. The number of rotatable bonds is 3. The highest BCUT2D eigenvalue weighted by Crippen LogP contribution is 2.32. The molecule has 0 unspecified atom stereocenters. The van der Waals surface area contributed by atoms with Gasteiger partial charge in [-0.25, -0.2) is 4.39 Å². The maximum Gasteiger partial charge on any atom is 0.138 e. The Labute approximate surface area is 132 Å². The van der Waals surface area contributed by atoms with Crippen LogP contribution in [0.2, 0.25) is 0 Å². The summed E-state index contributed by atoms with van der Waals surface area (Å²) in [4.78, 5) is 0.226. The number of nitrogens with two attached hydrogens (primary N) is 1. The van der Waals surface area contributed by atoms with Crippen molar-refractivity contribution in [2.45, 2.75) is 0 Å². The molecular weight excluding hydrogens is 397 g/mol. The Bertz CT molecular complexity index is 649. The largest absolute Gasteiger partial charge is 0.457 e. The molecule has 0 radical (unpaired) electrons. The molecule has 19 heavy (non-hydrogen) atoms. The Morgan fingerprint density at radius 3 is 2.53 bits per heavy atom. The quantitative estimate of drug-likeness (QED) is 0.747. The Balaban J connectivity index is 2.40. The van der Waals surface area contributed by atoms with Crippen LogP contribution in [0.25, 0.3) is 0 Å². The van der Waals surface area contributed by atoms with Crippen LogP contribution in [0.15, 0.2) is 45.3 Å². The molecule has 0 bridgehead atoms. The first kappa shape index (κ1) is 14.4. The van der Waals surface area contributed by atoms with Gasteiger partial charge in [0, 0.05) is 4.47 Å². The first-order chi connectivity index (χ1) is 8.99. The van der Waals surface area contributed by atoms with Gasteiger partial charge in [0.15, 0.2) is 0 Å². The van der Waals surface area contributed by atoms with Crippen LogP contribution in [0.4, 0.5) is 4.39 Å². The van der Waals surface area contributed by atoms with Crippen LogP contribution in [0, 0.1) is 5.82 Å². The highest BCUT2D eigenvalue weighted by Gasteiger charge is 2.12. The van der Waals surface area contributed by atoms with E-state index in [2.05, 4.69) is 31.9 Å². The lowest BCUT2D eigenvalue weighted by Crippen LogP contribution is -2.11. The number of halogens is 3. The summed E-state index contributed by atoms with van der Waals surface area (Å²) in [5, 5.41) is 0. The number of thiocarbonyl (C=S) groups is 1. The molecule has 0 fully saturated rings. The molecule has 0 spiro atoms. The molecule has 2 rings (SSSR count). The van der Waals surface area contributed by atoms with Gasteiger partial charge < -0.3 is 10.5 Å². The zero-order valence-corrected chi connectivity index (χ0v) is 13.5. The molecule has 0 amide bonds. The standard InChI is InChI=1S/C13H8Br2FNOS/c14-8-2-1-3-11(12(8)13(17)19)18-7-4-5-10(16)9(15)6-7/h1-6H,(H2,17,19). The highest BCUT2D eigenvalue weighted by atomic mass is 79.9. The molecule has 2 N–H and O–H groups in total.